The fraction of sp³-hybridized carbons (Fsp3) is 0. The number of rotatable bonds is 4. The molecule has 0 bridgehead atoms. The first-order valence-corrected chi connectivity index (χ1v) is 8.63. The lowest BCUT2D eigenvalue weighted by molar-refractivity contribution is 0.0735. The average molecular weight is 369 g/mol. The molecule has 0 saturated heterocycles. The van der Waals surface area contributed by atoms with E-state index in [-0.39, 0.29) is 0 Å². The van der Waals surface area contributed by atoms with Crippen LogP contribution in [-0.2, 0) is 0 Å². The summed E-state index contributed by atoms with van der Waals surface area (Å²) in [6.45, 7) is 0. The zero-order chi connectivity index (χ0) is 19.3. The van der Waals surface area contributed by atoms with Gasteiger partial charge in [-0.2, -0.15) is 0 Å². The highest BCUT2D eigenvalue weighted by molar-refractivity contribution is 6.00. The monoisotopic (exact) mass is 369 g/mol. The van der Waals surface area contributed by atoms with Crippen LogP contribution in [-0.4, -0.2) is 16.9 Å². The number of carbonyl (C=O) groups is 2. The fourth-order valence-electron chi connectivity index (χ4n) is 2.82. The Morgan fingerprint density at radius 1 is 0.607 bits per heavy atom. The van der Waals surface area contributed by atoms with Crippen LogP contribution in [0.25, 0.3) is 10.8 Å². The first kappa shape index (κ1) is 17.4. The number of fused-ring (bicyclic) bond motifs is 1. The van der Waals surface area contributed by atoms with Crippen molar-refractivity contribution in [2.45, 2.75) is 0 Å². The van der Waals surface area contributed by atoms with Crippen LogP contribution in [0.5, 0.6) is 11.5 Å². The second-order valence-corrected chi connectivity index (χ2v) is 5.99. The van der Waals surface area contributed by atoms with Crippen LogP contribution >= 0.6 is 0 Å². The Bertz CT molecular complexity index is 1050. The Kier molecular flexibility index (Phi) is 4.80. The lowest BCUT2D eigenvalue weighted by atomic mass is 10.1. The molecule has 5 heteroatoms. The maximum absolute atomic E-state index is 12.5. The van der Waals surface area contributed by atoms with Crippen LogP contribution in [0.2, 0.25) is 0 Å². The van der Waals surface area contributed by atoms with Crippen LogP contribution in [0.3, 0.4) is 0 Å². The van der Waals surface area contributed by atoms with Crippen molar-refractivity contribution in [3.63, 3.8) is 0 Å². The SMILES string of the molecule is O=C(Oc1cccc2cccc(OC(=O)c3ccncc3)c12)c1ccccc1. The van der Waals surface area contributed by atoms with E-state index in [0.29, 0.717) is 28.0 Å². The highest BCUT2D eigenvalue weighted by atomic mass is 16.5. The van der Waals surface area contributed by atoms with Gasteiger partial charge in [0.15, 0.2) is 0 Å². The van der Waals surface area contributed by atoms with E-state index in [2.05, 4.69) is 4.98 Å². The number of pyridine rings is 1. The van der Waals surface area contributed by atoms with Crippen molar-refractivity contribution in [2.24, 2.45) is 0 Å². The Morgan fingerprint density at radius 3 is 1.71 bits per heavy atom. The normalized spacial score (nSPS) is 10.4. The number of aromatic nitrogens is 1. The van der Waals surface area contributed by atoms with Gasteiger partial charge in [0.25, 0.3) is 0 Å². The van der Waals surface area contributed by atoms with Crippen molar-refractivity contribution in [1.29, 1.82) is 0 Å². The molecule has 1 aromatic heterocycles. The van der Waals surface area contributed by atoms with E-state index in [4.69, 9.17) is 9.47 Å². The molecule has 0 unspecified atom stereocenters. The topological polar surface area (TPSA) is 65.5 Å². The minimum Gasteiger partial charge on any atom is -0.422 e. The van der Waals surface area contributed by atoms with Gasteiger partial charge in [0.05, 0.1) is 16.5 Å². The quantitative estimate of drug-likeness (QED) is 0.386. The Morgan fingerprint density at radius 2 is 1.14 bits per heavy atom. The Hall–Kier alpha value is -3.99. The summed E-state index contributed by atoms with van der Waals surface area (Å²) in [6, 6.07) is 22.5. The predicted molar refractivity (Wildman–Crippen MR) is 105 cm³/mol. The molecule has 28 heavy (non-hydrogen) atoms. The van der Waals surface area contributed by atoms with Crippen molar-refractivity contribution in [3.05, 3.63) is 102 Å². The lowest BCUT2D eigenvalue weighted by Crippen LogP contribution is -2.10. The van der Waals surface area contributed by atoms with Crippen molar-refractivity contribution >= 4 is 22.7 Å². The third kappa shape index (κ3) is 3.59. The van der Waals surface area contributed by atoms with Crippen molar-refractivity contribution in [1.82, 2.24) is 4.98 Å². The van der Waals surface area contributed by atoms with E-state index >= 15 is 0 Å². The predicted octanol–water partition coefficient (Wildman–Crippen LogP) is 4.67. The van der Waals surface area contributed by atoms with Crippen molar-refractivity contribution in [3.8, 4) is 11.5 Å². The molecule has 0 fully saturated rings. The van der Waals surface area contributed by atoms with E-state index in [0.717, 1.165) is 5.39 Å². The molecule has 0 aliphatic carbocycles. The van der Waals surface area contributed by atoms with Gasteiger partial charge in [0.2, 0.25) is 0 Å². The molecular formula is C23H15NO4. The summed E-state index contributed by atoms with van der Waals surface area (Å²) in [5.74, 6) is -0.359. The molecule has 0 saturated carbocycles. The van der Waals surface area contributed by atoms with Gasteiger partial charge in [-0.3, -0.25) is 4.98 Å². The minimum absolute atomic E-state index is 0.316. The summed E-state index contributed by atoms with van der Waals surface area (Å²) < 4.78 is 11.2. The Balaban J connectivity index is 1.70. The molecule has 3 aromatic carbocycles. The van der Waals surface area contributed by atoms with Crippen LogP contribution in [0.15, 0.2) is 91.3 Å². The van der Waals surface area contributed by atoms with Gasteiger partial charge in [-0.15, -0.1) is 0 Å². The minimum atomic E-state index is -0.515. The summed E-state index contributed by atoms with van der Waals surface area (Å²) in [5, 5.41) is 1.34. The van der Waals surface area contributed by atoms with Gasteiger partial charge < -0.3 is 9.47 Å². The second-order valence-electron chi connectivity index (χ2n) is 5.99. The van der Waals surface area contributed by atoms with Gasteiger partial charge >= 0.3 is 11.9 Å². The molecule has 0 spiro atoms. The molecule has 0 amide bonds. The van der Waals surface area contributed by atoms with Gasteiger partial charge in [-0.05, 0) is 41.8 Å². The molecule has 0 aliphatic heterocycles. The highest BCUT2D eigenvalue weighted by Gasteiger charge is 2.16. The molecular weight excluding hydrogens is 354 g/mol. The number of ether oxygens (including phenoxy) is 2. The van der Waals surface area contributed by atoms with E-state index < -0.39 is 11.9 Å². The van der Waals surface area contributed by atoms with Crippen LogP contribution < -0.4 is 9.47 Å². The average Bonchev–Trinajstić information content (AvgIpc) is 2.75. The fourth-order valence-corrected chi connectivity index (χ4v) is 2.82. The molecule has 0 aliphatic rings. The molecule has 1 heterocycles. The van der Waals surface area contributed by atoms with E-state index in [1.807, 2.05) is 18.2 Å². The summed E-state index contributed by atoms with van der Waals surface area (Å²) in [5.41, 5.74) is 0.816. The van der Waals surface area contributed by atoms with E-state index in [1.165, 1.54) is 12.4 Å². The van der Waals surface area contributed by atoms with Crippen molar-refractivity contribution in [2.75, 3.05) is 0 Å². The van der Waals surface area contributed by atoms with Gasteiger partial charge in [-0.1, -0.05) is 42.5 Å². The summed E-state index contributed by atoms with van der Waals surface area (Å²) in [6.07, 6.45) is 3.04. The first-order chi connectivity index (χ1) is 13.7. The molecule has 0 radical (unpaired) electrons. The number of esters is 2. The smallest absolute Gasteiger partial charge is 0.343 e. The zero-order valence-electron chi connectivity index (χ0n) is 14.7. The number of nitrogens with zero attached hydrogens (tertiary/aromatic N) is 1. The molecule has 136 valence electrons. The van der Waals surface area contributed by atoms with Gasteiger partial charge in [-0.25, -0.2) is 9.59 Å². The molecule has 5 nitrogen and oxygen atoms in total. The number of hydrogen-bond acceptors (Lipinski definition) is 5. The number of hydrogen-bond donors (Lipinski definition) is 0. The number of benzene rings is 3. The second kappa shape index (κ2) is 7.72. The Labute approximate surface area is 161 Å². The highest BCUT2D eigenvalue weighted by Crippen LogP contribution is 2.35. The first-order valence-electron chi connectivity index (χ1n) is 8.63. The third-order valence-electron chi connectivity index (χ3n) is 4.16. The largest absolute Gasteiger partial charge is 0.422 e. The van der Waals surface area contributed by atoms with Crippen molar-refractivity contribution < 1.29 is 19.1 Å². The summed E-state index contributed by atoms with van der Waals surface area (Å²) in [7, 11) is 0. The molecule has 0 N–H and O–H groups in total. The standard InChI is InChI=1S/C23H15NO4/c25-22(17-6-2-1-3-7-17)27-19-10-4-8-16-9-5-11-20(21(16)19)28-23(26)18-12-14-24-15-13-18/h1-15H. The summed E-state index contributed by atoms with van der Waals surface area (Å²) >= 11 is 0. The third-order valence-corrected chi connectivity index (χ3v) is 4.16. The van der Waals surface area contributed by atoms with Crippen LogP contribution in [0.1, 0.15) is 20.7 Å². The maximum atomic E-state index is 12.5. The maximum Gasteiger partial charge on any atom is 0.343 e. The number of carbonyl (C=O) groups excluding carboxylic acids is 2. The van der Waals surface area contributed by atoms with Crippen LogP contribution in [0, 0.1) is 0 Å². The zero-order valence-corrected chi connectivity index (χ0v) is 14.7. The van der Waals surface area contributed by atoms with Crippen LogP contribution in [0.4, 0.5) is 0 Å². The lowest BCUT2D eigenvalue weighted by Gasteiger charge is -2.12. The molecule has 4 aromatic rings. The van der Waals surface area contributed by atoms with E-state index in [9.17, 15) is 9.59 Å². The van der Waals surface area contributed by atoms with Gasteiger partial charge in [0, 0.05) is 12.4 Å². The molecule has 0 atom stereocenters. The van der Waals surface area contributed by atoms with E-state index in [1.54, 1.807) is 60.7 Å². The summed E-state index contributed by atoms with van der Waals surface area (Å²) in [4.78, 5) is 28.8. The van der Waals surface area contributed by atoms with Gasteiger partial charge in [0.1, 0.15) is 11.5 Å². The molecule has 4 rings (SSSR count).